The maximum Gasteiger partial charge on any atom is 0.259 e. The average molecular weight is 310 g/mol. The summed E-state index contributed by atoms with van der Waals surface area (Å²) in [5.74, 6) is 0.0336. The van der Waals surface area contributed by atoms with Crippen LogP contribution in [0.15, 0.2) is 42.5 Å². The van der Waals surface area contributed by atoms with Gasteiger partial charge in [0.25, 0.3) is 11.8 Å². The van der Waals surface area contributed by atoms with Crippen LogP contribution in [-0.4, -0.2) is 17.7 Å². The summed E-state index contributed by atoms with van der Waals surface area (Å²) < 4.78 is 5.70. The van der Waals surface area contributed by atoms with Crippen LogP contribution >= 0.6 is 0 Å². The fourth-order valence-corrected chi connectivity index (χ4v) is 2.23. The lowest BCUT2D eigenvalue weighted by molar-refractivity contribution is -0.115. The van der Waals surface area contributed by atoms with E-state index in [0.29, 0.717) is 34.7 Å². The molecule has 0 atom stereocenters. The van der Waals surface area contributed by atoms with Crippen molar-refractivity contribution in [2.45, 2.75) is 13.3 Å². The zero-order chi connectivity index (χ0) is 16.4. The monoisotopic (exact) mass is 310 g/mol. The molecule has 3 rings (SSSR count). The van der Waals surface area contributed by atoms with E-state index in [0.717, 1.165) is 0 Å². The molecule has 2 aromatic carbocycles. The summed E-state index contributed by atoms with van der Waals surface area (Å²) in [6, 6.07) is 11.6. The first kappa shape index (κ1) is 14.8. The maximum atomic E-state index is 11.7. The summed E-state index contributed by atoms with van der Waals surface area (Å²) in [6.45, 7) is 1.77. The second-order valence-electron chi connectivity index (χ2n) is 5.02. The number of carbonyl (C=O) groups excluding carboxylic acids is 3. The molecule has 2 aromatic rings. The van der Waals surface area contributed by atoms with Gasteiger partial charge in [0.15, 0.2) is 0 Å². The molecule has 6 nitrogen and oxygen atoms in total. The Labute approximate surface area is 132 Å². The Bertz CT molecular complexity index is 814. The van der Waals surface area contributed by atoms with E-state index in [2.05, 4.69) is 10.6 Å². The van der Waals surface area contributed by atoms with Crippen LogP contribution in [-0.2, 0) is 4.79 Å². The van der Waals surface area contributed by atoms with Crippen molar-refractivity contribution in [3.8, 4) is 11.5 Å². The summed E-state index contributed by atoms with van der Waals surface area (Å²) in [5.41, 5.74) is 1.26. The predicted octanol–water partition coefficient (Wildman–Crippen LogP) is 2.71. The van der Waals surface area contributed by atoms with E-state index in [-0.39, 0.29) is 5.91 Å². The first-order chi connectivity index (χ1) is 11.1. The highest BCUT2D eigenvalue weighted by Gasteiger charge is 2.26. The van der Waals surface area contributed by atoms with Gasteiger partial charge in [0.1, 0.15) is 11.5 Å². The number of rotatable bonds is 4. The van der Waals surface area contributed by atoms with Crippen molar-refractivity contribution in [1.29, 1.82) is 0 Å². The summed E-state index contributed by atoms with van der Waals surface area (Å²) in [4.78, 5) is 34.6. The zero-order valence-electron chi connectivity index (χ0n) is 12.4. The number of amides is 3. The van der Waals surface area contributed by atoms with E-state index in [4.69, 9.17) is 4.74 Å². The fraction of sp³-hybridized carbons (Fsp3) is 0.118. The Morgan fingerprint density at radius 3 is 2.57 bits per heavy atom. The second kappa shape index (κ2) is 5.92. The van der Waals surface area contributed by atoms with Crippen LogP contribution in [0.5, 0.6) is 11.5 Å². The van der Waals surface area contributed by atoms with E-state index in [1.54, 1.807) is 43.3 Å². The molecular formula is C17H14N2O4. The predicted molar refractivity (Wildman–Crippen MR) is 83.7 cm³/mol. The molecule has 1 aliphatic heterocycles. The van der Waals surface area contributed by atoms with Gasteiger partial charge in [-0.1, -0.05) is 13.0 Å². The first-order valence-electron chi connectivity index (χ1n) is 7.14. The van der Waals surface area contributed by atoms with Crippen molar-refractivity contribution in [2.75, 3.05) is 5.32 Å². The fourth-order valence-electron chi connectivity index (χ4n) is 2.23. The van der Waals surface area contributed by atoms with Crippen LogP contribution in [0.2, 0.25) is 0 Å². The lowest BCUT2D eigenvalue weighted by atomic mass is 10.1. The number of ether oxygens (including phenoxy) is 1. The number of fused-ring (bicyclic) bond motifs is 1. The van der Waals surface area contributed by atoms with Crippen LogP contribution in [0, 0.1) is 0 Å². The van der Waals surface area contributed by atoms with Crippen molar-refractivity contribution in [3.63, 3.8) is 0 Å². The van der Waals surface area contributed by atoms with Crippen molar-refractivity contribution < 1.29 is 19.1 Å². The molecule has 1 aliphatic rings. The number of hydrogen-bond donors (Lipinski definition) is 2. The highest BCUT2D eigenvalue weighted by Crippen LogP contribution is 2.27. The van der Waals surface area contributed by atoms with Gasteiger partial charge >= 0.3 is 0 Å². The maximum absolute atomic E-state index is 11.7. The normalized spacial score (nSPS) is 12.6. The van der Waals surface area contributed by atoms with Crippen LogP contribution in [0.3, 0.4) is 0 Å². The summed E-state index contributed by atoms with van der Waals surface area (Å²) in [6.07, 6.45) is 0.388. The number of carbonyl (C=O) groups is 3. The Morgan fingerprint density at radius 2 is 1.78 bits per heavy atom. The van der Waals surface area contributed by atoms with Gasteiger partial charge in [-0.25, -0.2) is 0 Å². The molecule has 3 amide bonds. The molecule has 0 fully saturated rings. The molecule has 0 aliphatic carbocycles. The van der Waals surface area contributed by atoms with Gasteiger partial charge in [0.2, 0.25) is 5.91 Å². The molecule has 0 saturated heterocycles. The summed E-state index contributed by atoms with van der Waals surface area (Å²) in [5, 5.41) is 4.97. The Morgan fingerprint density at radius 1 is 1.04 bits per heavy atom. The third-order valence-corrected chi connectivity index (χ3v) is 3.38. The van der Waals surface area contributed by atoms with Crippen LogP contribution in [0.25, 0.3) is 0 Å². The van der Waals surface area contributed by atoms with Gasteiger partial charge in [-0.05, 0) is 30.3 Å². The molecular weight excluding hydrogens is 296 g/mol. The minimum Gasteiger partial charge on any atom is -0.457 e. The molecule has 116 valence electrons. The molecule has 0 aromatic heterocycles. The van der Waals surface area contributed by atoms with Crippen molar-refractivity contribution in [2.24, 2.45) is 0 Å². The molecule has 0 radical (unpaired) electrons. The molecule has 1 heterocycles. The molecule has 0 bridgehead atoms. The quantitative estimate of drug-likeness (QED) is 0.850. The third-order valence-electron chi connectivity index (χ3n) is 3.38. The Hall–Kier alpha value is -3.15. The lowest BCUT2D eigenvalue weighted by Gasteiger charge is -2.09. The SMILES string of the molecule is CCC(=O)Nc1cccc(Oc2ccc3c(c2)C(=O)NC3=O)c1. The van der Waals surface area contributed by atoms with Gasteiger partial charge < -0.3 is 10.1 Å². The van der Waals surface area contributed by atoms with Crippen LogP contribution in [0.1, 0.15) is 34.1 Å². The largest absolute Gasteiger partial charge is 0.457 e. The Balaban J connectivity index is 1.82. The summed E-state index contributed by atoms with van der Waals surface area (Å²) >= 11 is 0. The van der Waals surface area contributed by atoms with Gasteiger partial charge in [-0.15, -0.1) is 0 Å². The van der Waals surface area contributed by atoms with Crippen molar-refractivity contribution >= 4 is 23.4 Å². The molecule has 0 spiro atoms. The first-order valence-corrected chi connectivity index (χ1v) is 7.14. The standard InChI is InChI=1S/C17H14N2O4/c1-2-15(20)18-10-4-3-5-11(8-10)23-12-6-7-13-14(9-12)17(22)19-16(13)21/h3-9H,2H2,1H3,(H,18,20)(H,19,21,22). The number of hydrogen-bond acceptors (Lipinski definition) is 4. The van der Waals surface area contributed by atoms with E-state index in [1.165, 1.54) is 6.07 Å². The van der Waals surface area contributed by atoms with E-state index < -0.39 is 11.8 Å². The topological polar surface area (TPSA) is 84.5 Å². The van der Waals surface area contributed by atoms with Gasteiger partial charge in [-0.3, -0.25) is 19.7 Å². The van der Waals surface area contributed by atoms with E-state index >= 15 is 0 Å². The highest BCUT2D eigenvalue weighted by atomic mass is 16.5. The minimum atomic E-state index is -0.431. The molecule has 23 heavy (non-hydrogen) atoms. The number of anilines is 1. The Kier molecular flexibility index (Phi) is 3.80. The van der Waals surface area contributed by atoms with E-state index in [1.807, 2.05) is 0 Å². The number of nitrogens with one attached hydrogen (secondary N) is 2. The highest BCUT2D eigenvalue weighted by molar-refractivity contribution is 6.21. The van der Waals surface area contributed by atoms with Gasteiger partial charge in [-0.2, -0.15) is 0 Å². The smallest absolute Gasteiger partial charge is 0.259 e. The number of benzene rings is 2. The number of imide groups is 1. The third kappa shape index (κ3) is 3.06. The van der Waals surface area contributed by atoms with Crippen molar-refractivity contribution in [3.05, 3.63) is 53.6 Å². The van der Waals surface area contributed by atoms with Gasteiger partial charge in [0, 0.05) is 18.2 Å². The minimum absolute atomic E-state index is 0.0881. The summed E-state index contributed by atoms with van der Waals surface area (Å²) in [7, 11) is 0. The molecule has 2 N–H and O–H groups in total. The molecule has 0 saturated carbocycles. The second-order valence-corrected chi connectivity index (χ2v) is 5.02. The van der Waals surface area contributed by atoms with Crippen LogP contribution in [0.4, 0.5) is 5.69 Å². The van der Waals surface area contributed by atoms with Crippen LogP contribution < -0.4 is 15.4 Å². The van der Waals surface area contributed by atoms with E-state index in [9.17, 15) is 14.4 Å². The zero-order valence-corrected chi connectivity index (χ0v) is 12.4. The average Bonchev–Trinajstić information content (AvgIpc) is 2.82. The van der Waals surface area contributed by atoms with Crippen molar-refractivity contribution in [1.82, 2.24) is 5.32 Å². The van der Waals surface area contributed by atoms with Gasteiger partial charge in [0.05, 0.1) is 11.1 Å². The lowest BCUT2D eigenvalue weighted by Crippen LogP contribution is -2.19. The molecule has 0 unspecified atom stereocenters. The molecule has 6 heteroatoms.